The number of nitrogens with zero attached hydrogens (tertiary/aromatic N) is 4. The van der Waals surface area contributed by atoms with Crippen LogP contribution in [0.2, 0.25) is 0 Å². The van der Waals surface area contributed by atoms with Crippen LogP contribution >= 0.6 is 0 Å². The normalized spacial score (nSPS) is 15.3. The van der Waals surface area contributed by atoms with Crippen LogP contribution in [0.5, 0.6) is 0 Å². The van der Waals surface area contributed by atoms with Crippen molar-refractivity contribution < 1.29 is 4.39 Å². The first-order valence-corrected chi connectivity index (χ1v) is 6.97. The zero-order valence-corrected chi connectivity index (χ0v) is 11.5. The summed E-state index contributed by atoms with van der Waals surface area (Å²) < 4.78 is 15.5. The van der Waals surface area contributed by atoms with Gasteiger partial charge in [0.1, 0.15) is 5.82 Å². The van der Waals surface area contributed by atoms with Crippen LogP contribution in [0, 0.1) is 18.7 Å². The lowest BCUT2D eigenvalue weighted by molar-refractivity contribution is 0.277. The number of anilines is 1. The van der Waals surface area contributed by atoms with E-state index >= 15 is 0 Å². The Labute approximate surface area is 117 Å². The van der Waals surface area contributed by atoms with Crippen LogP contribution in [0.4, 0.5) is 10.1 Å². The summed E-state index contributed by atoms with van der Waals surface area (Å²) in [4.78, 5) is 0. The fraction of sp³-hybridized carbons (Fsp3) is 0.500. The zero-order valence-electron chi connectivity index (χ0n) is 11.5. The lowest BCUT2D eigenvalue weighted by Crippen LogP contribution is -2.15. The largest absolute Gasteiger partial charge is 0.398 e. The first-order chi connectivity index (χ1) is 9.65. The van der Waals surface area contributed by atoms with Crippen LogP contribution in [-0.2, 0) is 6.54 Å². The minimum Gasteiger partial charge on any atom is -0.398 e. The first-order valence-electron chi connectivity index (χ1n) is 6.97. The van der Waals surface area contributed by atoms with Crippen LogP contribution in [-0.4, -0.2) is 20.2 Å². The number of rotatable bonds is 4. The summed E-state index contributed by atoms with van der Waals surface area (Å²) in [6.45, 7) is 2.43. The molecule has 5 nitrogen and oxygen atoms in total. The first kappa shape index (κ1) is 13.0. The average molecular weight is 275 g/mol. The SMILES string of the molecule is Cc1c(N)cc(-c2nnnn2CCC2CCC2)cc1F. The number of hydrogen-bond donors (Lipinski definition) is 1. The Kier molecular flexibility index (Phi) is 3.38. The molecule has 1 aromatic carbocycles. The third-order valence-corrected chi connectivity index (χ3v) is 4.15. The summed E-state index contributed by atoms with van der Waals surface area (Å²) in [5.41, 5.74) is 7.33. The average Bonchev–Trinajstić information content (AvgIpc) is 2.82. The van der Waals surface area contributed by atoms with E-state index in [1.165, 1.54) is 25.3 Å². The summed E-state index contributed by atoms with van der Waals surface area (Å²) in [6, 6.07) is 3.17. The number of nitrogens with two attached hydrogens (primary N) is 1. The van der Waals surface area contributed by atoms with E-state index in [4.69, 9.17) is 5.73 Å². The molecule has 0 spiro atoms. The van der Waals surface area contributed by atoms with E-state index in [9.17, 15) is 4.39 Å². The number of tetrazole rings is 1. The second kappa shape index (κ2) is 5.19. The Morgan fingerprint density at radius 1 is 1.40 bits per heavy atom. The van der Waals surface area contributed by atoms with Crippen molar-refractivity contribution in [2.45, 2.75) is 39.2 Å². The van der Waals surface area contributed by atoms with E-state index in [0.29, 0.717) is 22.6 Å². The van der Waals surface area contributed by atoms with Crippen molar-refractivity contribution in [3.05, 3.63) is 23.5 Å². The molecule has 1 heterocycles. The summed E-state index contributed by atoms with van der Waals surface area (Å²) in [6.07, 6.45) is 4.99. The van der Waals surface area contributed by atoms with Gasteiger partial charge in [-0.25, -0.2) is 9.07 Å². The smallest absolute Gasteiger partial charge is 0.182 e. The van der Waals surface area contributed by atoms with Gasteiger partial charge in [0.25, 0.3) is 0 Å². The molecular formula is C14H18FN5. The molecule has 0 atom stereocenters. The Bertz CT molecular complexity index is 595. The molecule has 1 aliphatic carbocycles. The van der Waals surface area contributed by atoms with Gasteiger partial charge in [-0.3, -0.25) is 0 Å². The predicted octanol–water partition coefficient (Wildman–Crippen LogP) is 2.56. The van der Waals surface area contributed by atoms with E-state index in [-0.39, 0.29) is 5.82 Å². The molecular weight excluding hydrogens is 257 g/mol. The molecule has 1 aliphatic rings. The Morgan fingerprint density at radius 3 is 2.85 bits per heavy atom. The van der Waals surface area contributed by atoms with Crippen LogP contribution in [0.3, 0.4) is 0 Å². The number of hydrogen-bond acceptors (Lipinski definition) is 4. The third-order valence-electron chi connectivity index (χ3n) is 4.15. The van der Waals surface area contributed by atoms with E-state index < -0.39 is 0 Å². The van der Waals surface area contributed by atoms with Gasteiger partial charge < -0.3 is 5.73 Å². The molecule has 3 rings (SSSR count). The minimum atomic E-state index is -0.325. The quantitative estimate of drug-likeness (QED) is 0.871. The van der Waals surface area contributed by atoms with Crippen molar-refractivity contribution in [2.24, 2.45) is 5.92 Å². The van der Waals surface area contributed by atoms with Crippen LogP contribution in [0.25, 0.3) is 11.4 Å². The zero-order chi connectivity index (χ0) is 14.1. The lowest BCUT2D eigenvalue weighted by atomic mass is 9.83. The third kappa shape index (κ3) is 2.37. The molecule has 0 unspecified atom stereocenters. The molecule has 1 fully saturated rings. The summed E-state index contributed by atoms with van der Waals surface area (Å²) in [7, 11) is 0. The van der Waals surface area contributed by atoms with Crippen molar-refractivity contribution in [3.8, 4) is 11.4 Å². The number of halogens is 1. The highest BCUT2D eigenvalue weighted by Crippen LogP contribution is 2.30. The molecule has 1 aromatic heterocycles. The molecule has 0 saturated heterocycles. The van der Waals surface area contributed by atoms with E-state index in [1.807, 2.05) is 0 Å². The number of nitrogen functional groups attached to an aromatic ring is 1. The lowest BCUT2D eigenvalue weighted by Gasteiger charge is -2.24. The monoisotopic (exact) mass is 275 g/mol. The topological polar surface area (TPSA) is 69.6 Å². The van der Waals surface area contributed by atoms with Crippen molar-refractivity contribution >= 4 is 5.69 Å². The van der Waals surface area contributed by atoms with Crippen LogP contribution in [0.1, 0.15) is 31.2 Å². The molecule has 2 N–H and O–H groups in total. The van der Waals surface area contributed by atoms with Gasteiger partial charge in [0.05, 0.1) is 0 Å². The van der Waals surface area contributed by atoms with Crippen molar-refractivity contribution in [3.63, 3.8) is 0 Å². The highest BCUT2D eigenvalue weighted by atomic mass is 19.1. The van der Waals surface area contributed by atoms with Crippen LogP contribution in [0.15, 0.2) is 12.1 Å². The maximum absolute atomic E-state index is 13.8. The van der Waals surface area contributed by atoms with E-state index in [0.717, 1.165) is 18.9 Å². The van der Waals surface area contributed by atoms with E-state index in [1.54, 1.807) is 17.7 Å². The molecule has 6 heteroatoms. The summed E-state index contributed by atoms with van der Waals surface area (Å²) in [5.74, 6) is 1.04. The molecule has 106 valence electrons. The van der Waals surface area contributed by atoms with Gasteiger partial charge in [0, 0.05) is 23.4 Å². The fourth-order valence-electron chi connectivity index (χ4n) is 2.48. The Balaban J connectivity index is 1.84. The standard InChI is InChI=1S/C14H18FN5/c1-9-12(15)7-11(8-13(9)16)14-17-18-19-20(14)6-5-10-3-2-4-10/h7-8,10H,2-6,16H2,1H3. The van der Waals surface area contributed by atoms with Crippen molar-refractivity contribution in [1.29, 1.82) is 0 Å². The molecule has 0 aliphatic heterocycles. The fourth-order valence-corrected chi connectivity index (χ4v) is 2.48. The maximum Gasteiger partial charge on any atom is 0.182 e. The molecule has 2 aromatic rings. The second-order valence-corrected chi connectivity index (χ2v) is 5.48. The van der Waals surface area contributed by atoms with Gasteiger partial charge in [-0.2, -0.15) is 0 Å². The maximum atomic E-state index is 13.8. The van der Waals surface area contributed by atoms with Gasteiger partial charge in [-0.1, -0.05) is 19.3 Å². The van der Waals surface area contributed by atoms with Gasteiger partial charge in [-0.15, -0.1) is 5.10 Å². The number of aryl methyl sites for hydroxylation is 1. The molecule has 0 amide bonds. The number of benzene rings is 1. The molecule has 0 bridgehead atoms. The van der Waals surface area contributed by atoms with Crippen molar-refractivity contribution in [2.75, 3.05) is 5.73 Å². The predicted molar refractivity (Wildman–Crippen MR) is 74.3 cm³/mol. The number of aromatic nitrogens is 4. The molecule has 20 heavy (non-hydrogen) atoms. The molecule has 0 radical (unpaired) electrons. The minimum absolute atomic E-state index is 0.325. The van der Waals surface area contributed by atoms with Gasteiger partial charge in [0.2, 0.25) is 0 Å². The van der Waals surface area contributed by atoms with Crippen molar-refractivity contribution in [1.82, 2.24) is 20.2 Å². The van der Waals surface area contributed by atoms with E-state index in [2.05, 4.69) is 15.5 Å². The highest BCUT2D eigenvalue weighted by Gasteiger charge is 2.19. The Morgan fingerprint density at radius 2 is 2.20 bits per heavy atom. The van der Waals surface area contributed by atoms with Gasteiger partial charge in [0.15, 0.2) is 5.82 Å². The summed E-state index contributed by atoms with van der Waals surface area (Å²) >= 11 is 0. The van der Waals surface area contributed by atoms with Gasteiger partial charge in [-0.05, 0) is 41.8 Å². The van der Waals surface area contributed by atoms with Crippen LogP contribution < -0.4 is 5.73 Å². The van der Waals surface area contributed by atoms with Gasteiger partial charge >= 0.3 is 0 Å². The summed E-state index contributed by atoms with van der Waals surface area (Å²) in [5, 5.41) is 11.7. The Hall–Kier alpha value is -1.98. The molecule has 1 saturated carbocycles. The highest BCUT2D eigenvalue weighted by molar-refractivity contribution is 5.63. The second-order valence-electron chi connectivity index (χ2n) is 5.48.